The van der Waals surface area contributed by atoms with Crippen molar-refractivity contribution in [1.29, 1.82) is 0 Å². The Labute approximate surface area is 107 Å². The van der Waals surface area contributed by atoms with E-state index in [1.807, 2.05) is 0 Å². The molecule has 0 radical (unpaired) electrons. The van der Waals surface area contributed by atoms with Gasteiger partial charge in [0.2, 0.25) is 0 Å². The number of ether oxygens (including phenoxy) is 1. The van der Waals surface area contributed by atoms with Gasteiger partial charge in [0.05, 0.1) is 18.9 Å². The van der Waals surface area contributed by atoms with Gasteiger partial charge in [-0.15, -0.1) is 11.3 Å². The van der Waals surface area contributed by atoms with Gasteiger partial charge in [-0.25, -0.2) is 4.98 Å². The normalized spacial score (nSPS) is 18.5. The Bertz CT molecular complexity index is 378. The molecule has 0 atom stereocenters. The van der Waals surface area contributed by atoms with Gasteiger partial charge in [-0.1, -0.05) is 20.8 Å². The lowest BCUT2D eigenvalue weighted by molar-refractivity contribution is 0.0335. The first-order chi connectivity index (χ1) is 7.97. The van der Waals surface area contributed by atoms with Crippen molar-refractivity contribution in [3.63, 3.8) is 0 Å². The second-order valence-electron chi connectivity index (χ2n) is 5.47. The van der Waals surface area contributed by atoms with Gasteiger partial charge in [-0.2, -0.15) is 0 Å². The highest BCUT2D eigenvalue weighted by molar-refractivity contribution is 7.15. The first kappa shape index (κ1) is 12.8. The minimum atomic E-state index is 0.122. The maximum absolute atomic E-state index is 5.85. The number of thiazole rings is 1. The Morgan fingerprint density at radius 1 is 1.35 bits per heavy atom. The number of hydrogen-bond donors (Lipinski definition) is 1. The van der Waals surface area contributed by atoms with Crippen LogP contribution in [0.2, 0.25) is 0 Å². The zero-order valence-corrected chi connectivity index (χ0v) is 11.6. The lowest BCUT2D eigenvalue weighted by Gasteiger charge is -2.27. The molecular weight excluding hydrogens is 234 g/mol. The summed E-state index contributed by atoms with van der Waals surface area (Å²) in [4.78, 5) is 8.17. The van der Waals surface area contributed by atoms with E-state index in [1.165, 1.54) is 4.88 Å². The average Bonchev–Trinajstić information content (AvgIpc) is 2.60. The number of nitrogen functional groups attached to an aromatic ring is 1. The van der Waals surface area contributed by atoms with Crippen LogP contribution in [0.4, 0.5) is 5.13 Å². The van der Waals surface area contributed by atoms with Crippen molar-refractivity contribution in [3.8, 4) is 0 Å². The van der Waals surface area contributed by atoms with Crippen molar-refractivity contribution in [3.05, 3.63) is 10.6 Å². The van der Waals surface area contributed by atoms with E-state index in [4.69, 9.17) is 10.5 Å². The maximum atomic E-state index is 5.85. The van der Waals surface area contributed by atoms with Crippen LogP contribution in [0.1, 0.15) is 31.3 Å². The minimum Gasteiger partial charge on any atom is -0.379 e. The number of nitrogens with two attached hydrogens (primary N) is 1. The first-order valence-electron chi connectivity index (χ1n) is 6.02. The van der Waals surface area contributed by atoms with Crippen LogP contribution in [0.25, 0.3) is 0 Å². The molecule has 1 aromatic heterocycles. The summed E-state index contributed by atoms with van der Waals surface area (Å²) in [6.45, 7) is 11.1. The van der Waals surface area contributed by atoms with E-state index in [1.54, 1.807) is 11.3 Å². The summed E-state index contributed by atoms with van der Waals surface area (Å²) in [6, 6.07) is 0. The van der Waals surface area contributed by atoms with Crippen LogP contribution >= 0.6 is 11.3 Å². The SMILES string of the molecule is CC(C)(C)c1sc(N)nc1CN1CCOCC1. The Morgan fingerprint density at radius 3 is 2.59 bits per heavy atom. The van der Waals surface area contributed by atoms with E-state index in [0.717, 1.165) is 38.5 Å². The van der Waals surface area contributed by atoms with Gasteiger partial charge >= 0.3 is 0 Å². The molecule has 17 heavy (non-hydrogen) atoms. The van der Waals surface area contributed by atoms with E-state index in [9.17, 15) is 0 Å². The van der Waals surface area contributed by atoms with E-state index >= 15 is 0 Å². The molecule has 0 saturated carbocycles. The fourth-order valence-electron chi connectivity index (χ4n) is 2.03. The van der Waals surface area contributed by atoms with Gasteiger partial charge in [0, 0.05) is 24.5 Å². The molecule has 1 fully saturated rings. The van der Waals surface area contributed by atoms with Crippen LogP contribution in [0.5, 0.6) is 0 Å². The highest BCUT2D eigenvalue weighted by atomic mass is 32.1. The third-order valence-electron chi connectivity index (χ3n) is 2.87. The molecule has 0 spiro atoms. The molecule has 0 aromatic carbocycles. The van der Waals surface area contributed by atoms with Crippen molar-refractivity contribution >= 4 is 16.5 Å². The van der Waals surface area contributed by atoms with Gasteiger partial charge in [0.15, 0.2) is 5.13 Å². The molecule has 1 aliphatic heterocycles. The van der Waals surface area contributed by atoms with Crippen LogP contribution in [-0.2, 0) is 16.7 Å². The summed E-state index contributed by atoms with van der Waals surface area (Å²) < 4.78 is 5.36. The van der Waals surface area contributed by atoms with E-state index < -0.39 is 0 Å². The monoisotopic (exact) mass is 255 g/mol. The zero-order valence-electron chi connectivity index (χ0n) is 10.8. The van der Waals surface area contributed by atoms with Crippen molar-refractivity contribution in [1.82, 2.24) is 9.88 Å². The number of anilines is 1. The largest absolute Gasteiger partial charge is 0.379 e. The first-order valence-corrected chi connectivity index (χ1v) is 6.84. The minimum absolute atomic E-state index is 0.122. The number of aromatic nitrogens is 1. The highest BCUT2D eigenvalue weighted by Gasteiger charge is 2.24. The molecule has 0 bridgehead atoms. The fraction of sp³-hybridized carbons (Fsp3) is 0.750. The molecule has 2 rings (SSSR count). The van der Waals surface area contributed by atoms with Crippen molar-refractivity contribution in [2.24, 2.45) is 0 Å². The Kier molecular flexibility index (Phi) is 3.70. The Balaban J connectivity index is 2.14. The predicted octanol–water partition coefficient (Wildman–Crippen LogP) is 1.85. The topological polar surface area (TPSA) is 51.4 Å². The second-order valence-corrected chi connectivity index (χ2v) is 6.50. The lowest BCUT2D eigenvalue weighted by Crippen LogP contribution is -2.36. The van der Waals surface area contributed by atoms with Crippen molar-refractivity contribution in [2.75, 3.05) is 32.0 Å². The predicted molar refractivity (Wildman–Crippen MR) is 71.3 cm³/mol. The second kappa shape index (κ2) is 4.92. The summed E-state index contributed by atoms with van der Waals surface area (Å²) in [5.41, 5.74) is 7.11. The van der Waals surface area contributed by atoms with E-state index in [0.29, 0.717) is 5.13 Å². The fourth-order valence-corrected chi connectivity index (χ4v) is 2.93. The molecule has 1 saturated heterocycles. The molecule has 1 aliphatic rings. The van der Waals surface area contributed by atoms with Crippen LogP contribution in [0, 0.1) is 0 Å². The molecule has 0 aliphatic carbocycles. The summed E-state index contributed by atoms with van der Waals surface area (Å²) in [5, 5.41) is 0.679. The molecule has 2 N–H and O–H groups in total. The maximum Gasteiger partial charge on any atom is 0.180 e. The number of rotatable bonds is 2. The molecule has 2 heterocycles. The molecule has 1 aromatic rings. The zero-order chi connectivity index (χ0) is 12.5. The van der Waals surface area contributed by atoms with Crippen LogP contribution < -0.4 is 5.73 Å². The van der Waals surface area contributed by atoms with Crippen molar-refractivity contribution < 1.29 is 4.74 Å². The van der Waals surface area contributed by atoms with E-state index in [-0.39, 0.29) is 5.41 Å². The third-order valence-corrected chi connectivity index (χ3v) is 4.22. The molecule has 5 heteroatoms. The molecule has 0 amide bonds. The summed E-state index contributed by atoms with van der Waals surface area (Å²) >= 11 is 1.62. The van der Waals surface area contributed by atoms with Gasteiger partial charge < -0.3 is 10.5 Å². The Morgan fingerprint density at radius 2 is 2.00 bits per heavy atom. The van der Waals surface area contributed by atoms with Gasteiger partial charge in [-0.05, 0) is 5.41 Å². The van der Waals surface area contributed by atoms with Crippen LogP contribution in [0.3, 0.4) is 0 Å². The smallest absolute Gasteiger partial charge is 0.180 e. The van der Waals surface area contributed by atoms with Crippen LogP contribution in [0.15, 0.2) is 0 Å². The number of nitrogens with zero attached hydrogens (tertiary/aromatic N) is 2. The summed E-state index contributed by atoms with van der Waals surface area (Å²) in [6.07, 6.45) is 0. The summed E-state index contributed by atoms with van der Waals surface area (Å²) in [5.74, 6) is 0. The van der Waals surface area contributed by atoms with Gasteiger partial charge in [-0.3, -0.25) is 4.90 Å². The van der Waals surface area contributed by atoms with Crippen molar-refractivity contribution in [2.45, 2.75) is 32.7 Å². The third kappa shape index (κ3) is 3.18. The highest BCUT2D eigenvalue weighted by Crippen LogP contribution is 2.33. The molecule has 4 nitrogen and oxygen atoms in total. The Hall–Kier alpha value is -0.650. The molecular formula is C12H21N3OS. The average molecular weight is 255 g/mol. The van der Waals surface area contributed by atoms with Gasteiger partial charge in [0.25, 0.3) is 0 Å². The molecule has 96 valence electrons. The molecule has 0 unspecified atom stereocenters. The number of hydrogen-bond acceptors (Lipinski definition) is 5. The number of morpholine rings is 1. The lowest BCUT2D eigenvalue weighted by atomic mass is 9.93. The van der Waals surface area contributed by atoms with E-state index in [2.05, 4.69) is 30.7 Å². The van der Waals surface area contributed by atoms with Crippen LogP contribution in [-0.4, -0.2) is 36.2 Å². The summed E-state index contributed by atoms with van der Waals surface area (Å²) in [7, 11) is 0. The van der Waals surface area contributed by atoms with Gasteiger partial charge in [0.1, 0.15) is 0 Å². The quantitative estimate of drug-likeness (QED) is 0.876. The standard InChI is InChI=1S/C12H21N3OS/c1-12(2,3)10-9(14-11(13)17-10)8-15-4-6-16-7-5-15/h4-8H2,1-3H3,(H2,13,14).